The number of rotatable bonds is 7. The Balaban J connectivity index is 0.000000968. The molecule has 0 radical (unpaired) electrons. The molecule has 0 N–H and O–H groups in total. The Morgan fingerprint density at radius 1 is 1.21 bits per heavy atom. The molecule has 1 aromatic carbocycles. The average Bonchev–Trinajstić information content (AvgIpc) is 3.38. The van der Waals surface area contributed by atoms with Crippen molar-refractivity contribution in [2.24, 2.45) is 0 Å². The number of hydrogen-bond donors (Lipinski definition) is 0. The number of pyridine rings is 1. The number of carbonyl (C=O) groups excluding carboxylic acids is 2. The Morgan fingerprint density at radius 3 is 2.55 bits per heavy atom. The maximum Gasteiger partial charge on any atom is 0.226 e. The molecule has 33 heavy (non-hydrogen) atoms. The van der Waals surface area contributed by atoms with Crippen LogP contribution in [0.3, 0.4) is 0 Å². The second-order valence-corrected chi connectivity index (χ2v) is 8.07. The molecule has 4 rings (SSSR count). The molecule has 6 nitrogen and oxygen atoms in total. The fourth-order valence-electron chi connectivity index (χ4n) is 3.13. The van der Waals surface area contributed by atoms with E-state index in [-0.39, 0.29) is 18.3 Å². The lowest BCUT2D eigenvalue weighted by molar-refractivity contribution is 0.101. The molecular weight excluding hydrogens is 438 g/mol. The van der Waals surface area contributed by atoms with Crippen molar-refractivity contribution in [3.63, 3.8) is 0 Å². The van der Waals surface area contributed by atoms with Crippen molar-refractivity contribution < 1.29 is 23.5 Å². The minimum absolute atomic E-state index is 0.156. The van der Waals surface area contributed by atoms with Gasteiger partial charge in [-0.1, -0.05) is 48.2 Å². The van der Waals surface area contributed by atoms with Crippen molar-refractivity contribution in [2.75, 3.05) is 14.2 Å². The number of furan rings is 1. The minimum Gasteiger partial charge on any atom is -0.472 e. The van der Waals surface area contributed by atoms with Crippen LogP contribution in [0.5, 0.6) is 5.88 Å². The van der Waals surface area contributed by atoms with Crippen LogP contribution >= 0.6 is 11.8 Å². The van der Waals surface area contributed by atoms with Gasteiger partial charge in [-0.2, -0.15) is 0 Å². The first kappa shape index (κ1) is 24.2. The lowest BCUT2D eigenvalue weighted by Gasteiger charge is -2.16. The predicted molar refractivity (Wildman–Crippen MR) is 130 cm³/mol. The normalized spacial score (nSPS) is 12.4. The molecule has 1 aliphatic heterocycles. The Hall–Kier alpha value is -3.42. The number of aldehydes is 1. The summed E-state index contributed by atoms with van der Waals surface area (Å²) in [6.07, 6.45) is 7.36. The first-order chi connectivity index (χ1) is 16.1. The lowest BCUT2D eigenvalue weighted by atomic mass is 10.0. The van der Waals surface area contributed by atoms with Gasteiger partial charge in [0.05, 0.1) is 17.5 Å². The summed E-state index contributed by atoms with van der Waals surface area (Å²) in [4.78, 5) is 29.1. The number of ether oxygens (including phenoxy) is 2. The van der Waals surface area contributed by atoms with Crippen LogP contribution in [0.15, 0.2) is 70.7 Å². The summed E-state index contributed by atoms with van der Waals surface area (Å²) in [6, 6.07) is 12.6. The molecule has 0 aliphatic carbocycles. The third-order valence-corrected chi connectivity index (χ3v) is 5.56. The van der Waals surface area contributed by atoms with E-state index in [4.69, 9.17) is 9.15 Å². The molecule has 3 heterocycles. The monoisotopic (exact) mass is 463 g/mol. The van der Waals surface area contributed by atoms with E-state index in [0.29, 0.717) is 22.5 Å². The number of hydrogen-bond acceptors (Lipinski definition) is 7. The molecule has 0 bridgehead atoms. The zero-order chi connectivity index (χ0) is 23.6. The summed E-state index contributed by atoms with van der Waals surface area (Å²) < 4.78 is 15.8. The van der Waals surface area contributed by atoms with Gasteiger partial charge in [-0.25, -0.2) is 4.98 Å². The van der Waals surface area contributed by atoms with Crippen LogP contribution in [-0.2, 0) is 11.3 Å². The van der Waals surface area contributed by atoms with Gasteiger partial charge in [0.15, 0.2) is 5.78 Å². The molecule has 0 fully saturated rings. The molecule has 0 amide bonds. The maximum atomic E-state index is 12.5. The molecular formula is C26H25NO5S. The maximum absolute atomic E-state index is 12.5. The third-order valence-electron chi connectivity index (χ3n) is 4.60. The Kier molecular flexibility index (Phi) is 8.80. The van der Waals surface area contributed by atoms with Gasteiger partial charge < -0.3 is 13.9 Å². The first-order valence-corrected chi connectivity index (χ1v) is 11.1. The number of ketones is 1. The van der Waals surface area contributed by atoms with Crippen LogP contribution in [0.25, 0.3) is 16.2 Å². The van der Waals surface area contributed by atoms with E-state index in [1.54, 1.807) is 50.4 Å². The molecule has 0 atom stereocenters. The molecule has 2 aromatic heterocycles. The van der Waals surface area contributed by atoms with E-state index in [0.717, 1.165) is 28.9 Å². The quantitative estimate of drug-likeness (QED) is 0.305. The Morgan fingerprint density at radius 2 is 1.97 bits per heavy atom. The van der Waals surface area contributed by atoms with Crippen molar-refractivity contribution in [1.29, 1.82) is 0 Å². The van der Waals surface area contributed by atoms with Crippen LogP contribution in [0.1, 0.15) is 45.3 Å². The molecule has 0 spiro atoms. The SMILES string of the molecule is CC(=O)c1c(-c2ccco2)cc(C2=CCC=CS2)nc1OCc1ccc(C=O)cc1.COC. The number of benzene rings is 1. The largest absolute Gasteiger partial charge is 0.472 e. The number of aromatic nitrogens is 1. The van der Waals surface area contributed by atoms with E-state index in [2.05, 4.69) is 21.9 Å². The van der Waals surface area contributed by atoms with Crippen LogP contribution in [0, 0.1) is 0 Å². The van der Waals surface area contributed by atoms with E-state index >= 15 is 0 Å². The number of thioether (sulfide) groups is 1. The highest BCUT2D eigenvalue weighted by molar-refractivity contribution is 8.10. The van der Waals surface area contributed by atoms with E-state index in [1.165, 1.54) is 6.92 Å². The second-order valence-electron chi connectivity index (χ2n) is 7.12. The zero-order valence-corrected chi connectivity index (χ0v) is 19.6. The van der Waals surface area contributed by atoms with Crippen molar-refractivity contribution in [1.82, 2.24) is 4.98 Å². The molecule has 0 saturated heterocycles. The number of allylic oxidation sites excluding steroid dienone is 2. The van der Waals surface area contributed by atoms with Gasteiger partial charge in [0.1, 0.15) is 18.7 Å². The van der Waals surface area contributed by atoms with Crippen molar-refractivity contribution in [3.8, 4) is 17.2 Å². The van der Waals surface area contributed by atoms with Gasteiger partial charge in [-0.15, -0.1) is 0 Å². The topological polar surface area (TPSA) is 78.6 Å². The fraction of sp³-hybridized carbons (Fsp3) is 0.192. The molecule has 7 heteroatoms. The van der Waals surface area contributed by atoms with Crippen molar-refractivity contribution in [3.05, 3.63) is 88.7 Å². The van der Waals surface area contributed by atoms with Crippen LogP contribution in [0.2, 0.25) is 0 Å². The molecule has 170 valence electrons. The summed E-state index contributed by atoms with van der Waals surface area (Å²) in [5, 5.41) is 2.03. The van der Waals surface area contributed by atoms with Crippen molar-refractivity contribution in [2.45, 2.75) is 20.0 Å². The second kappa shape index (κ2) is 12.0. The predicted octanol–water partition coefficient (Wildman–Crippen LogP) is 6.19. The van der Waals surface area contributed by atoms with Gasteiger partial charge in [-0.05, 0) is 42.5 Å². The third kappa shape index (κ3) is 6.31. The van der Waals surface area contributed by atoms with Gasteiger partial charge >= 0.3 is 0 Å². The standard InChI is InChI=1S/C24H19NO4S.C2H6O/c1-16(27)23-19(21-5-4-11-28-21)13-20(22-6-2-3-12-30-22)25-24(23)29-15-18-9-7-17(14-26)8-10-18;1-3-2/h3-14H,2,15H2,1H3;1-2H3. The van der Waals surface area contributed by atoms with E-state index in [9.17, 15) is 9.59 Å². The zero-order valence-electron chi connectivity index (χ0n) is 18.7. The van der Waals surface area contributed by atoms with Crippen LogP contribution < -0.4 is 4.74 Å². The molecule has 1 aliphatic rings. The summed E-state index contributed by atoms with van der Waals surface area (Å²) in [6.45, 7) is 1.71. The fourth-order valence-corrected chi connectivity index (χ4v) is 3.90. The summed E-state index contributed by atoms with van der Waals surface area (Å²) >= 11 is 1.58. The average molecular weight is 464 g/mol. The highest BCUT2D eigenvalue weighted by Crippen LogP contribution is 2.38. The highest BCUT2D eigenvalue weighted by atomic mass is 32.2. The van der Waals surface area contributed by atoms with Gasteiger partial charge in [-0.3, -0.25) is 9.59 Å². The highest BCUT2D eigenvalue weighted by Gasteiger charge is 2.22. The van der Waals surface area contributed by atoms with E-state index in [1.807, 2.05) is 29.7 Å². The lowest BCUT2D eigenvalue weighted by Crippen LogP contribution is -2.08. The smallest absolute Gasteiger partial charge is 0.226 e. The van der Waals surface area contributed by atoms with Crippen LogP contribution in [-0.4, -0.2) is 31.3 Å². The van der Waals surface area contributed by atoms with Crippen LogP contribution in [0.4, 0.5) is 0 Å². The number of methoxy groups -OCH3 is 1. The van der Waals surface area contributed by atoms with E-state index < -0.39 is 0 Å². The molecule has 3 aromatic rings. The van der Waals surface area contributed by atoms with Gasteiger partial charge in [0.2, 0.25) is 5.88 Å². The number of nitrogens with zero attached hydrogens (tertiary/aromatic N) is 1. The molecule has 0 unspecified atom stereocenters. The summed E-state index contributed by atoms with van der Waals surface area (Å²) in [7, 11) is 3.25. The number of carbonyl (C=O) groups is 2. The Bertz CT molecular complexity index is 1150. The Labute approximate surface area is 197 Å². The summed E-state index contributed by atoms with van der Waals surface area (Å²) in [5.74, 6) is 0.694. The van der Waals surface area contributed by atoms with Gasteiger partial charge in [0.25, 0.3) is 0 Å². The van der Waals surface area contributed by atoms with Gasteiger partial charge in [0, 0.05) is 30.3 Å². The minimum atomic E-state index is -0.156. The van der Waals surface area contributed by atoms with Crippen molar-refractivity contribution >= 4 is 28.7 Å². The number of Topliss-reactive ketones (excluding diaryl/α,β-unsaturated/α-hetero) is 1. The molecule has 0 saturated carbocycles. The summed E-state index contributed by atoms with van der Waals surface area (Å²) in [5.41, 5.74) is 3.23. The first-order valence-electron chi connectivity index (χ1n) is 10.3.